The summed E-state index contributed by atoms with van der Waals surface area (Å²) in [6, 6.07) is 4.55. The smallest absolute Gasteiger partial charge is 0.270 e. The molecule has 1 rings (SSSR count). The van der Waals surface area contributed by atoms with Crippen LogP contribution in [0.25, 0.3) is 0 Å². The number of hydrogen-bond donors (Lipinski definition) is 1. The summed E-state index contributed by atoms with van der Waals surface area (Å²) < 4.78 is 0. The molecule has 0 atom stereocenters. The fourth-order valence-corrected chi connectivity index (χ4v) is 1.69. The summed E-state index contributed by atoms with van der Waals surface area (Å²) >= 11 is 5.99. The second-order valence-electron chi connectivity index (χ2n) is 4.11. The Hall–Kier alpha value is -1.17. The van der Waals surface area contributed by atoms with Gasteiger partial charge in [0.05, 0.1) is 9.95 Å². The fraction of sp³-hybridized carbons (Fsp3) is 0.500. The molecule has 0 bridgehead atoms. The zero-order valence-corrected chi connectivity index (χ0v) is 11.4. The second-order valence-corrected chi connectivity index (χ2v) is 4.51. The van der Waals surface area contributed by atoms with Gasteiger partial charge >= 0.3 is 0 Å². The van der Waals surface area contributed by atoms with Crippen molar-refractivity contribution in [2.45, 2.75) is 13.5 Å². The van der Waals surface area contributed by atoms with Crippen molar-refractivity contribution in [2.75, 3.05) is 26.7 Å². The normalized spacial score (nSPS) is 10.9. The lowest BCUT2D eigenvalue weighted by Gasteiger charge is -2.14. The lowest BCUT2D eigenvalue weighted by Crippen LogP contribution is -2.28. The summed E-state index contributed by atoms with van der Waals surface area (Å²) in [6.45, 7) is 5.56. The predicted octanol–water partition coefficient (Wildman–Crippen LogP) is 2.29. The third-order valence-corrected chi connectivity index (χ3v) is 3.12. The molecule has 1 aromatic carbocycles. The summed E-state index contributed by atoms with van der Waals surface area (Å²) in [5.41, 5.74) is 0.899. The minimum absolute atomic E-state index is 0.0227. The maximum atomic E-state index is 10.6. The number of non-ortho nitro benzene ring substituents is 1. The highest BCUT2D eigenvalue weighted by Gasteiger charge is 2.08. The van der Waals surface area contributed by atoms with Gasteiger partial charge < -0.3 is 10.2 Å². The van der Waals surface area contributed by atoms with Gasteiger partial charge in [-0.1, -0.05) is 18.5 Å². The first kappa shape index (κ1) is 14.9. The van der Waals surface area contributed by atoms with E-state index in [0.717, 1.165) is 25.2 Å². The van der Waals surface area contributed by atoms with Crippen LogP contribution in [0.1, 0.15) is 12.5 Å². The van der Waals surface area contributed by atoms with Gasteiger partial charge in [0.1, 0.15) is 0 Å². The van der Waals surface area contributed by atoms with E-state index in [2.05, 4.69) is 24.2 Å². The number of rotatable bonds is 7. The summed E-state index contributed by atoms with van der Waals surface area (Å²) in [7, 11) is 2.06. The molecule has 0 heterocycles. The van der Waals surface area contributed by atoms with Crippen LogP contribution >= 0.6 is 11.6 Å². The number of nitrogens with zero attached hydrogens (tertiary/aromatic N) is 2. The van der Waals surface area contributed by atoms with Crippen LogP contribution < -0.4 is 5.32 Å². The highest BCUT2D eigenvalue weighted by molar-refractivity contribution is 6.31. The van der Waals surface area contributed by atoms with E-state index >= 15 is 0 Å². The maximum Gasteiger partial charge on any atom is 0.270 e. The first-order valence-corrected chi connectivity index (χ1v) is 6.24. The molecular weight excluding hydrogens is 254 g/mol. The number of benzene rings is 1. The Balaban J connectivity index is 2.46. The monoisotopic (exact) mass is 271 g/mol. The molecule has 5 nitrogen and oxygen atoms in total. The molecule has 0 saturated heterocycles. The van der Waals surface area contributed by atoms with E-state index in [4.69, 9.17) is 11.6 Å². The predicted molar refractivity (Wildman–Crippen MR) is 73.0 cm³/mol. The molecule has 0 unspecified atom stereocenters. The van der Waals surface area contributed by atoms with Crippen molar-refractivity contribution in [3.05, 3.63) is 38.9 Å². The Kier molecular flexibility index (Phi) is 6.04. The lowest BCUT2D eigenvalue weighted by atomic mass is 10.2. The van der Waals surface area contributed by atoms with E-state index in [9.17, 15) is 10.1 Å². The minimum atomic E-state index is -0.445. The molecule has 1 aromatic rings. The van der Waals surface area contributed by atoms with Crippen molar-refractivity contribution >= 4 is 17.3 Å². The van der Waals surface area contributed by atoms with Gasteiger partial charge in [-0.15, -0.1) is 0 Å². The first-order valence-electron chi connectivity index (χ1n) is 5.86. The molecule has 0 spiro atoms. The van der Waals surface area contributed by atoms with Crippen LogP contribution in [-0.2, 0) is 6.54 Å². The molecule has 0 aliphatic rings. The topological polar surface area (TPSA) is 58.4 Å². The van der Waals surface area contributed by atoms with Crippen LogP contribution in [0.3, 0.4) is 0 Å². The average Bonchev–Trinajstić information content (AvgIpc) is 2.35. The lowest BCUT2D eigenvalue weighted by molar-refractivity contribution is -0.384. The highest BCUT2D eigenvalue weighted by atomic mass is 35.5. The van der Waals surface area contributed by atoms with Crippen LogP contribution in [0.2, 0.25) is 5.02 Å². The Morgan fingerprint density at radius 3 is 2.78 bits per heavy atom. The summed E-state index contributed by atoms with van der Waals surface area (Å²) in [6.07, 6.45) is 0. The van der Waals surface area contributed by atoms with E-state index in [-0.39, 0.29) is 5.69 Å². The molecule has 100 valence electrons. The third-order valence-electron chi connectivity index (χ3n) is 2.77. The van der Waals surface area contributed by atoms with Gasteiger partial charge in [0.25, 0.3) is 5.69 Å². The molecule has 18 heavy (non-hydrogen) atoms. The van der Waals surface area contributed by atoms with Gasteiger partial charge in [-0.25, -0.2) is 0 Å². The number of nitro groups is 1. The fourth-order valence-electron chi connectivity index (χ4n) is 1.44. The zero-order valence-electron chi connectivity index (χ0n) is 10.6. The SMILES string of the molecule is CCN(C)CCNCc1ccc([N+](=O)[O-])cc1Cl. The van der Waals surface area contributed by atoms with Gasteiger partial charge in [0.15, 0.2) is 0 Å². The maximum absolute atomic E-state index is 10.6. The van der Waals surface area contributed by atoms with Crippen LogP contribution in [0.5, 0.6) is 0 Å². The van der Waals surface area contributed by atoms with E-state index in [1.54, 1.807) is 6.07 Å². The van der Waals surface area contributed by atoms with Crippen LogP contribution in [0.15, 0.2) is 18.2 Å². The van der Waals surface area contributed by atoms with Crippen LogP contribution in [0.4, 0.5) is 5.69 Å². The molecule has 0 radical (unpaired) electrons. The molecular formula is C12H18ClN3O2. The van der Waals surface area contributed by atoms with Crippen molar-refractivity contribution in [3.8, 4) is 0 Å². The standard InChI is InChI=1S/C12H18ClN3O2/c1-3-15(2)7-6-14-9-10-4-5-11(16(17)18)8-12(10)13/h4-5,8,14H,3,6-7,9H2,1-2H3. The van der Waals surface area contributed by atoms with Gasteiger partial charge in [0, 0.05) is 31.8 Å². The number of nitrogens with one attached hydrogen (secondary N) is 1. The minimum Gasteiger partial charge on any atom is -0.311 e. The van der Waals surface area contributed by atoms with Crippen molar-refractivity contribution < 1.29 is 4.92 Å². The molecule has 0 fully saturated rings. The highest BCUT2D eigenvalue weighted by Crippen LogP contribution is 2.22. The molecule has 0 aliphatic carbocycles. The number of hydrogen-bond acceptors (Lipinski definition) is 4. The summed E-state index contributed by atoms with van der Waals surface area (Å²) in [5.74, 6) is 0. The summed E-state index contributed by atoms with van der Waals surface area (Å²) in [4.78, 5) is 12.3. The van der Waals surface area contributed by atoms with E-state index < -0.39 is 4.92 Å². The average molecular weight is 272 g/mol. The Morgan fingerprint density at radius 1 is 1.50 bits per heavy atom. The summed E-state index contributed by atoms with van der Waals surface area (Å²) in [5, 5.41) is 14.3. The number of nitro benzene ring substituents is 1. The van der Waals surface area contributed by atoms with Crippen LogP contribution in [-0.4, -0.2) is 36.5 Å². The van der Waals surface area contributed by atoms with Gasteiger partial charge in [-0.3, -0.25) is 10.1 Å². The molecule has 1 N–H and O–H groups in total. The van der Waals surface area contributed by atoms with Crippen molar-refractivity contribution in [1.29, 1.82) is 0 Å². The molecule has 0 aliphatic heterocycles. The van der Waals surface area contributed by atoms with E-state index in [0.29, 0.717) is 11.6 Å². The number of likely N-dealkylation sites (N-methyl/N-ethyl adjacent to an activating group) is 1. The largest absolute Gasteiger partial charge is 0.311 e. The first-order chi connectivity index (χ1) is 8.54. The molecule has 6 heteroatoms. The molecule has 0 amide bonds. The van der Waals surface area contributed by atoms with Gasteiger partial charge in [0.2, 0.25) is 0 Å². The van der Waals surface area contributed by atoms with Crippen molar-refractivity contribution in [3.63, 3.8) is 0 Å². The van der Waals surface area contributed by atoms with Gasteiger partial charge in [-0.2, -0.15) is 0 Å². The Bertz CT molecular complexity index is 412. The van der Waals surface area contributed by atoms with E-state index in [1.807, 2.05) is 0 Å². The quantitative estimate of drug-likeness (QED) is 0.470. The Morgan fingerprint density at radius 2 is 2.22 bits per heavy atom. The van der Waals surface area contributed by atoms with Crippen LogP contribution in [0, 0.1) is 10.1 Å². The van der Waals surface area contributed by atoms with Crippen molar-refractivity contribution in [1.82, 2.24) is 10.2 Å². The van der Waals surface area contributed by atoms with Crippen molar-refractivity contribution in [2.24, 2.45) is 0 Å². The van der Waals surface area contributed by atoms with Gasteiger partial charge in [-0.05, 0) is 25.2 Å². The third kappa shape index (κ3) is 4.60. The number of halogens is 1. The van der Waals surface area contributed by atoms with E-state index in [1.165, 1.54) is 12.1 Å². The molecule has 0 saturated carbocycles. The zero-order chi connectivity index (χ0) is 13.5. The Labute approximate surface area is 112 Å². The second kappa shape index (κ2) is 7.31. The molecule has 0 aromatic heterocycles.